The van der Waals surface area contributed by atoms with Crippen molar-refractivity contribution < 1.29 is 19.0 Å². The van der Waals surface area contributed by atoms with Crippen molar-refractivity contribution in [1.82, 2.24) is 5.32 Å². The lowest BCUT2D eigenvalue weighted by molar-refractivity contribution is 0.0922. The Labute approximate surface area is 177 Å². The van der Waals surface area contributed by atoms with E-state index in [4.69, 9.17) is 14.2 Å². The Bertz CT molecular complexity index is 1060. The van der Waals surface area contributed by atoms with Gasteiger partial charge in [-0.1, -0.05) is 44.2 Å². The molecule has 5 nitrogen and oxygen atoms in total. The molecule has 5 heteroatoms. The summed E-state index contributed by atoms with van der Waals surface area (Å²) in [5.41, 5.74) is 1.51. The average molecular weight is 405 g/mol. The highest BCUT2D eigenvalue weighted by molar-refractivity contribution is 6.01. The van der Waals surface area contributed by atoms with Crippen LogP contribution in [0.1, 0.15) is 42.2 Å². The number of hydrogen-bond acceptors (Lipinski definition) is 4. The first-order valence-corrected chi connectivity index (χ1v) is 10.3. The molecule has 1 aliphatic heterocycles. The number of benzene rings is 3. The summed E-state index contributed by atoms with van der Waals surface area (Å²) in [7, 11) is 1.59. The molecule has 1 atom stereocenters. The number of methoxy groups -OCH3 is 1. The van der Waals surface area contributed by atoms with E-state index in [1.165, 1.54) is 0 Å². The zero-order chi connectivity index (χ0) is 21.1. The van der Waals surface area contributed by atoms with Crippen LogP contribution in [0.3, 0.4) is 0 Å². The lowest BCUT2D eigenvalue weighted by atomic mass is 9.95. The van der Waals surface area contributed by atoms with Crippen LogP contribution in [0.2, 0.25) is 0 Å². The van der Waals surface area contributed by atoms with Gasteiger partial charge in [0.1, 0.15) is 5.75 Å². The number of carbonyl (C=O) groups is 1. The first kappa shape index (κ1) is 20.1. The Kier molecular flexibility index (Phi) is 5.79. The van der Waals surface area contributed by atoms with Crippen molar-refractivity contribution in [2.75, 3.05) is 20.3 Å². The van der Waals surface area contributed by atoms with Crippen LogP contribution in [0.4, 0.5) is 0 Å². The zero-order valence-corrected chi connectivity index (χ0v) is 17.6. The first-order valence-electron chi connectivity index (χ1n) is 10.3. The highest BCUT2D eigenvalue weighted by Crippen LogP contribution is 2.35. The maximum Gasteiger partial charge on any atom is 0.255 e. The third-order valence-corrected chi connectivity index (χ3v) is 5.40. The van der Waals surface area contributed by atoms with Crippen LogP contribution in [0.25, 0.3) is 10.8 Å². The van der Waals surface area contributed by atoms with Crippen molar-refractivity contribution >= 4 is 16.7 Å². The van der Waals surface area contributed by atoms with Crippen LogP contribution in [0.5, 0.6) is 17.2 Å². The molecule has 4 rings (SSSR count). The molecule has 0 bridgehead atoms. The predicted octanol–water partition coefficient (Wildman–Crippen LogP) is 5.14. The summed E-state index contributed by atoms with van der Waals surface area (Å²) >= 11 is 0. The number of nitrogens with one attached hydrogen (secondary N) is 1. The normalized spacial score (nSPS) is 14.3. The number of hydrogen-bond donors (Lipinski definition) is 1. The van der Waals surface area contributed by atoms with E-state index in [1.54, 1.807) is 7.11 Å². The van der Waals surface area contributed by atoms with Crippen LogP contribution in [0, 0.1) is 5.92 Å². The van der Waals surface area contributed by atoms with Crippen molar-refractivity contribution in [2.45, 2.75) is 26.3 Å². The summed E-state index contributed by atoms with van der Waals surface area (Å²) in [4.78, 5) is 13.3. The molecule has 1 N–H and O–H groups in total. The maximum absolute atomic E-state index is 13.3. The molecule has 3 aromatic rings. The second-order valence-electron chi connectivity index (χ2n) is 7.85. The summed E-state index contributed by atoms with van der Waals surface area (Å²) in [6.45, 7) is 5.46. The number of ether oxygens (including phenoxy) is 3. The van der Waals surface area contributed by atoms with Gasteiger partial charge in [0.05, 0.1) is 31.9 Å². The quantitative estimate of drug-likeness (QED) is 0.639. The molecule has 0 saturated carbocycles. The molecular weight excluding hydrogens is 378 g/mol. The van der Waals surface area contributed by atoms with Gasteiger partial charge in [-0.3, -0.25) is 4.79 Å². The average Bonchev–Trinajstić information content (AvgIpc) is 3.01. The number of fused-ring (bicyclic) bond motifs is 2. The second-order valence-corrected chi connectivity index (χ2v) is 7.85. The minimum atomic E-state index is -0.175. The van der Waals surface area contributed by atoms with Gasteiger partial charge in [-0.05, 0) is 46.5 Å². The van der Waals surface area contributed by atoms with Crippen molar-refractivity contribution in [1.29, 1.82) is 0 Å². The number of carbonyl (C=O) groups excluding carboxylic acids is 1. The third kappa shape index (κ3) is 4.06. The molecule has 0 radical (unpaired) electrons. The van der Waals surface area contributed by atoms with Crippen LogP contribution in [-0.2, 0) is 0 Å². The Morgan fingerprint density at radius 2 is 1.67 bits per heavy atom. The van der Waals surface area contributed by atoms with E-state index in [0.29, 0.717) is 24.5 Å². The van der Waals surface area contributed by atoms with E-state index in [2.05, 4.69) is 19.2 Å². The summed E-state index contributed by atoms with van der Waals surface area (Å²) in [6.07, 6.45) is 0.857. The molecule has 156 valence electrons. The largest absolute Gasteiger partial charge is 0.496 e. The Hall–Kier alpha value is -3.21. The minimum Gasteiger partial charge on any atom is -0.496 e. The van der Waals surface area contributed by atoms with E-state index in [0.717, 1.165) is 34.3 Å². The van der Waals surface area contributed by atoms with Gasteiger partial charge in [0.15, 0.2) is 11.5 Å². The van der Waals surface area contributed by atoms with E-state index in [-0.39, 0.29) is 17.9 Å². The van der Waals surface area contributed by atoms with Gasteiger partial charge in [-0.15, -0.1) is 0 Å². The number of amides is 1. The van der Waals surface area contributed by atoms with Crippen molar-refractivity contribution in [3.63, 3.8) is 0 Å². The fourth-order valence-electron chi connectivity index (χ4n) is 3.79. The van der Waals surface area contributed by atoms with Crippen molar-refractivity contribution in [3.05, 3.63) is 65.7 Å². The third-order valence-electron chi connectivity index (χ3n) is 5.40. The predicted molar refractivity (Wildman–Crippen MR) is 118 cm³/mol. The minimum absolute atomic E-state index is 0.164. The van der Waals surface area contributed by atoms with Gasteiger partial charge in [0.2, 0.25) is 0 Å². The first-order chi connectivity index (χ1) is 14.6. The highest BCUT2D eigenvalue weighted by atomic mass is 16.5. The smallest absolute Gasteiger partial charge is 0.255 e. The summed E-state index contributed by atoms with van der Waals surface area (Å²) in [5.74, 6) is 2.07. The van der Waals surface area contributed by atoms with Crippen LogP contribution in [-0.4, -0.2) is 26.2 Å². The standard InChI is InChI=1S/C25H27NO4/c1-16(2)24(19-9-10-21-23(15-19)30-12-6-11-29-21)26-25(27)20-13-17-7-4-5-8-18(17)14-22(20)28-3/h4-5,7-10,13-16,24H,6,11-12H2,1-3H3,(H,26,27). The molecule has 1 heterocycles. The number of rotatable bonds is 5. The topological polar surface area (TPSA) is 56.8 Å². The summed E-state index contributed by atoms with van der Waals surface area (Å²) < 4.78 is 17.1. The van der Waals surface area contributed by atoms with Crippen LogP contribution < -0.4 is 19.5 Å². The molecule has 1 unspecified atom stereocenters. The van der Waals surface area contributed by atoms with E-state index >= 15 is 0 Å². The molecule has 3 aromatic carbocycles. The molecule has 0 aliphatic carbocycles. The maximum atomic E-state index is 13.3. The molecule has 0 saturated heterocycles. The monoisotopic (exact) mass is 405 g/mol. The van der Waals surface area contributed by atoms with Gasteiger partial charge in [-0.2, -0.15) is 0 Å². The second kappa shape index (κ2) is 8.66. The van der Waals surface area contributed by atoms with Gasteiger partial charge in [0, 0.05) is 6.42 Å². The molecule has 0 fully saturated rings. The van der Waals surface area contributed by atoms with E-state index in [1.807, 2.05) is 54.6 Å². The molecule has 30 heavy (non-hydrogen) atoms. The molecule has 1 amide bonds. The summed E-state index contributed by atoms with van der Waals surface area (Å²) in [5, 5.41) is 5.23. The van der Waals surface area contributed by atoms with Gasteiger partial charge >= 0.3 is 0 Å². The zero-order valence-electron chi connectivity index (χ0n) is 17.6. The van der Waals surface area contributed by atoms with Gasteiger partial charge in [0.25, 0.3) is 5.91 Å². The molecular formula is C25H27NO4. The lowest BCUT2D eigenvalue weighted by Crippen LogP contribution is -2.32. The van der Waals surface area contributed by atoms with Gasteiger partial charge < -0.3 is 19.5 Å². The van der Waals surface area contributed by atoms with Crippen LogP contribution >= 0.6 is 0 Å². The summed E-state index contributed by atoms with van der Waals surface area (Å²) in [6, 6.07) is 17.4. The van der Waals surface area contributed by atoms with Crippen molar-refractivity contribution in [3.8, 4) is 17.2 Å². The SMILES string of the molecule is COc1cc2ccccc2cc1C(=O)NC(c1ccc2c(c1)OCCCO2)C(C)C. The Balaban J connectivity index is 1.65. The van der Waals surface area contributed by atoms with E-state index < -0.39 is 0 Å². The fraction of sp³-hybridized carbons (Fsp3) is 0.320. The molecule has 0 aromatic heterocycles. The van der Waals surface area contributed by atoms with Gasteiger partial charge in [-0.25, -0.2) is 0 Å². The van der Waals surface area contributed by atoms with E-state index in [9.17, 15) is 4.79 Å². The van der Waals surface area contributed by atoms with Crippen molar-refractivity contribution in [2.24, 2.45) is 5.92 Å². The Morgan fingerprint density at radius 1 is 0.967 bits per heavy atom. The molecule has 0 spiro atoms. The fourth-order valence-corrected chi connectivity index (χ4v) is 3.79. The highest BCUT2D eigenvalue weighted by Gasteiger charge is 2.23. The lowest BCUT2D eigenvalue weighted by Gasteiger charge is -2.24. The Morgan fingerprint density at radius 3 is 2.37 bits per heavy atom. The van der Waals surface area contributed by atoms with Crippen LogP contribution in [0.15, 0.2) is 54.6 Å². The molecule has 1 aliphatic rings.